The molecule has 16 heavy (non-hydrogen) atoms. The molecule has 0 aliphatic heterocycles. The summed E-state index contributed by atoms with van der Waals surface area (Å²) in [5.74, 6) is 0.447. The van der Waals surface area contributed by atoms with Gasteiger partial charge in [0.05, 0.1) is 6.07 Å². The van der Waals surface area contributed by atoms with Crippen LogP contribution in [0.1, 0.15) is 25.1 Å². The van der Waals surface area contributed by atoms with E-state index in [0.29, 0.717) is 18.7 Å². The number of aromatic nitrogens is 2. The Morgan fingerprint density at radius 2 is 2.25 bits per heavy atom. The predicted octanol–water partition coefficient (Wildman–Crippen LogP) is 0.706. The Hall–Kier alpha value is -1.42. The lowest BCUT2D eigenvalue weighted by molar-refractivity contribution is 0.356. The summed E-state index contributed by atoms with van der Waals surface area (Å²) in [6, 6.07) is 2.05. The third kappa shape index (κ3) is 4.40. The zero-order chi connectivity index (χ0) is 12.2. The lowest BCUT2D eigenvalue weighted by Crippen LogP contribution is -2.03. The van der Waals surface area contributed by atoms with Gasteiger partial charge in [0, 0.05) is 19.1 Å². The van der Waals surface area contributed by atoms with Gasteiger partial charge < -0.3 is 4.52 Å². The van der Waals surface area contributed by atoms with Gasteiger partial charge in [0.1, 0.15) is 5.75 Å². The summed E-state index contributed by atoms with van der Waals surface area (Å²) in [5, 5.41) is 12.0. The number of hydrogen-bond donors (Lipinski definition) is 0. The van der Waals surface area contributed by atoms with E-state index in [1.807, 2.05) is 13.0 Å². The van der Waals surface area contributed by atoms with E-state index in [0.717, 1.165) is 6.26 Å². The number of sulfone groups is 1. The van der Waals surface area contributed by atoms with Crippen molar-refractivity contribution in [2.75, 3.05) is 6.26 Å². The number of hydrogen-bond acceptors (Lipinski definition) is 6. The molecule has 0 aliphatic rings. The Kier molecular flexibility index (Phi) is 4.01. The minimum absolute atomic E-state index is 0.122. The molecular weight excluding hydrogens is 230 g/mol. The predicted molar refractivity (Wildman–Crippen MR) is 55.9 cm³/mol. The summed E-state index contributed by atoms with van der Waals surface area (Å²) in [7, 11) is -3.14. The highest BCUT2D eigenvalue weighted by molar-refractivity contribution is 7.89. The fraction of sp³-hybridized carbons (Fsp3) is 0.667. The van der Waals surface area contributed by atoms with Crippen molar-refractivity contribution < 1.29 is 12.9 Å². The molecule has 7 heteroatoms. The third-order valence-corrected chi connectivity index (χ3v) is 2.65. The normalized spacial score (nSPS) is 13.3. The Bertz CT molecular complexity index is 486. The molecule has 0 aliphatic carbocycles. The molecule has 0 bridgehead atoms. The van der Waals surface area contributed by atoms with Crippen LogP contribution in [0.15, 0.2) is 4.52 Å². The largest absolute Gasteiger partial charge is 0.339 e. The molecule has 6 nitrogen and oxygen atoms in total. The average Bonchev–Trinajstić information content (AvgIpc) is 2.49. The van der Waals surface area contributed by atoms with Crippen molar-refractivity contribution in [2.45, 2.75) is 25.5 Å². The molecule has 0 amide bonds. The van der Waals surface area contributed by atoms with E-state index < -0.39 is 9.84 Å². The van der Waals surface area contributed by atoms with E-state index >= 15 is 0 Å². The second-order valence-corrected chi connectivity index (χ2v) is 5.99. The van der Waals surface area contributed by atoms with Crippen molar-refractivity contribution in [3.63, 3.8) is 0 Å². The summed E-state index contributed by atoms with van der Waals surface area (Å²) in [6.45, 7) is 1.89. The molecule has 1 unspecified atom stereocenters. The first-order valence-electron chi connectivity index (χ1n) is 4.77. The monoisotopic (exact) mass is 243 g/mol. The van der Waals surface area contributed by atoms with Crippen LogP contribution in [0.25, 0.3) is 0 Å². The number of nitriles is 1. The zero-order valence-corrected chi connectivity index (χ0v) is 9.99. The lowest BCUT2D eigenvalue weighted by Gasteiger charge is -2.00. The molecule has 88 valence electrons. The standard InChI is InChI=1S/C9H13N3O3S/c1-7(3-4-10)5-9-11-8(12-15-9)6-16(2,13)14/h7H,3,5-6H2,1-2H3. The van der Waals surface area contributed by atoms with Crippen LogP contribution in [0.5, 0.6) is 0 Å². The Balaban J connectivity index is 2.62. The maximum absolute atomic E-state index is 11.0. The highest BCUT2D eigenvalue weighted by atomic mass is 32.2. The van der Waals surface area contributed by atoms with Crippen LogP contribution < -0.4 is 0 Å². The molecular formula is C9H13N3O3S. The SMILES string of the molecule is CC(CC#N)Cc1nc(CS(C)(=O)=O)no1. The summed E-state index contributed by atoms with van der Waals surface area (Å²) in [5.41, 5.74) is 0. The van der Waals surface area contributed by atoms with Crippen LogP contribution in [0.2, 0.25) is 0 Å². The molecule has 1 atom stereocenters. The van der Waals surface area contributed by atoms with Gasteiger partial charge in [0.15, 0.2) is 15.7 Å². The van der Waals surface area contributed by atoms with E-state index in [-0.39, 0.29) is 17.5 Å². The number of rotatable bonds is 5. The molecule has 0 aromatic carbocycles. The minimum atomic E-state index is -3.14. The molecule has 1 aromatic heterocycles. The van der Waals surface area contributed by atoms with Crippen LogP contribution in [-0.2, 0) is 22.0 Å². The van der Waals surface area contributed by atoms with Gasteiger partial charge in [-0.2, -0.15) is 10.2 Å². The maximum atomic E-state index is 11.0. The van der Waals surface area contributed by atoms with Gasteiger partial charge >= 0.3 is 0 Å². The van der Waals surface area contributed by atoms with E-state index in [1.165, 1.54) is 0 Å². The maximum Gasteiger partial charge on any atom is 0.226 e. The van der Waals surface area contributed by atoms with Crippen LogP contribution in [-0.4, -0.2) is 24.8 Å². The first-order chi connectivity index (χ1) is 7.40. The van der Waals surface area contributed by atoms with Crippen molar-refractivity contribution in [3.8, 4) is 6.07 Å². The Morgan fingerprint density at radius 1 is 1.56 bits per heavy atom. The summed E-state index contributed by atoms with van der Waals surface area (Å²) < 4.78 is 26.8. The molecule has 0 N–H and O–H groups in total. The van der Waals surface area contributed by atoms with E-state index in [9.17, 15) is 8.42 Å². The fourth-order valence-electron chi connectivity index (χ4n) is 1.19. The van der Waals surface area contributed by atoms with Gasteiger partial charge in [-0.1, -0.05) is 12.1 Å². The number of nitrogens with zero attached hydrogens (tertiary/aromatic N) is 3. The van der Waals surface area contributed by atoms with Crippen molar-refractivity contribution in [2.24, 2.45) is 5.92 Å². The second-order valence-electron chi connectivity index (χ2n) is 3.85. The van der Waals surface area contributed by atoms with Crippen molar-refractivity contribution in [1.29, 1.82) is 5.26 Å². The van der Waals surface area contributed by atoms with E-state index in [1.54, 1.807) is 0 Å². The van der Waals surface area contributed by atoms with Crippen molar-refractivity contribution in [3.05, 3.63) is 11.7 Å². The molecule has 0 saturated heterocycles. The Morgan fingerprint density at radius 3 is 2.81 bits per heavy atom. The molecule has 0 radical (unpaired) electrons. The highest BCUT2D eigenvalue weighted by Crippen LogP contribution is 2.10. The van der Waals surface area contributed by atoms with Crippen LogP contribution in [0.3, 0.4) is 0 Å². The average molecular weight is 243 g/mol. The third-order valence-electron chi connectivity index (χ3n) is 1.86. The van der Waals surface area contributed by atoms with Gasteiger partial charge in [-0.25, -0.2) is 8.42 Å². The molecule has 1 rings (SSSR count). The van der Waals surface area contributed by atoms with Gasteiger partial charge in [0.2, 0.25) is 5.89 Å². The molecule has 0 saturated carbocycles. The molecule has 1 heterocycles. The van der Waals surface area contributed by atoms with Crippen LogP contribution in [0.4, 0.5) is 0 Å². The summed E-state index contributed by atoms with van der Waals surface area (Å²) >= 11 is 0. The minimum Gasteiger partial charge on any atom is -0.339 e. The van der Waals surface area contributed by atoms with E-state index in [2.05, 4.69) is 10.1 Å². The van der Waals surface area contributed by atoms with Gasteiger partial charge in [0.25, 0.3) is 0 Å². The quantitative estimate of drug-likeness (QED) is 0.755. The fourth-order valence-corrected chi connectivity index (χ4v) is 1.78. The first-order valence-corrected chi connectivity index (χ1v) is 6.83. The van der Waals surface area contributed by atoms with Crippen LogP contribution >= 0.6 is 0 Å². The summed E-state index contributed by atoms with van der Waals surface area (Å²) in [6.07, 6.45) is 2.01. The highest BCUT2D eigenvalue weighted by Gasteiger charge is 2.14. The van der Waals surface area contributed by atoms with Gasteiger partial charge in [-0.05, 0) is 5.92 Å². The first kappa shape index (κ1) is 12.6. The van der Waals surface area contributed by atoms with E-state index in [4.69, 9.17) is 9.78 Å². The molecule has 0 spiro atoms. The molecule has 1 aromatic rings. The van der Waals surface area contributed by atoms with Crippen molar-refractivity contribution >= 4 is 9.84 Å². The van der Waals surface area contributed by atoms with Crippen molar-refractivity contribution in [1.82, 2.24) is 10.1 Å². The summed E-state index contributed by atoms with van der Waals surface area (Å²) in [4.78, 5) is 3.95. The lowest BCUT2D eigenvalue weighted by atomic mass is 10.1. The zero-order valence-electron chi connectivity index (χ0n) is 9.17. The molecule has 0 fully saturated rings. The smallest absolute Gasteiger partial charge is 0.226 e. The second kappa shape index (κ2) is 5.07. The van der Waals surface area contributed by atoms with Gasteiger partial charge in [-0.15, -0.1) is 0 Å². The van der Waals surface area contributed by atoms with Gasteiger partial charge in [-0.3, -0.25) is 0 Å². The van der Waals surface area contributed by atoms with Crippen LogP contribution in [0, 0.1) is 17.2 Å². The Labute approximate surface area is 94.2 Å². The topological polar surface area (TPSA) is 96.8 Å².